The Hall–Kier alpha value is -2.27. The maximum absolute atomic E-state index is 13.3. The van der Waals surface area contributed by atoms with Crippen LogP contribution in [0, 0.1) is 25.7 Å². The second-order valence-corrected chi connectivity index (χ2v) is 7.27. The quantitative estimate of drug-likeness (QED) is 0.867. The van der Waals surface area contributed by atoms with Crippen LogP contribution < -0.4 is 5.73 Å². The van der Waals surface area contributed by atoms with Gasteiger partial charge in [-0.3, -0.25) is 14.8 Å². The van der Waals surface area contributed by atoms with Crippen LogP contribution in [0.5, 0.6) is 0 Å². The van der Waals surface area contributed by atoms with Gasteiger partial charge in [0.2, 0.25) is 5.91 Å². The molecule has 1 amide bonds. The number of hydrogen-bond acceptors (Lipinski definition) is 4. The summed E-state index contributed by atoms with van der Waals surface area (Å²) in [6, 6.07) is 11.9. The number of aryl methyl sites for hydroxylation is 2. The van der Waals surface area contributed by atoms with Gasteiger partial charge in [0.1, 0.15) is 0 Å². The number of nitrogens with two attached hydrogens (primary N) is 1. The number of rotatable bonds is 6. The van der Waals surface area contributed by atoms with Crippen molar-refractivity contribution in [3.8, 4) is 0 Å². The highest BCUT2D eigenvalue weighted by atomic mass is 16.2. The average Bonchev–Trinajstić information content (AvgIpc) is 3.09. The van der Waals surface area contributed by atoms with Crippen molar-refractivity contribution < 1.29 is 4.79 Å². The van der Waals surface area contributed by atoms with Crippen molar-refractivity contribution in [2.24, 2.45) is 17.6 Å². The summed E-state index contributed by atoms with van der Waals surface area (Å²) in [7, 11) is 0. The van der Waals surface area contributed by atoms with Crippen LogP contribution in [-0.2, 0) is 17.9 Å². The molecule has 0 spiro atoms. The third-order valence-corrected chi connectivity index (χ3v) is 5.19. The van der Waals surface area contributed by atoms with E-state index in [0.717, 1.165) is 42.0 Å². The van der Waals surface area contributed by atoms with Gasteiger partial charge in [-0.1, -0.05) is 18.6 Å². The molecule has 5 nitrogen and oxygen atoms in total. The summed E-state index contributed by atoms with van der Waals surface area (Å²) in [6.07, 6.45) is 3.06. The lowest BCUT2D eigenvalue weighted by atomic mass is 9.94. The first-order chi connectivity index (χ1) is 12.6. The van der Waals surface area contributed by atoms with E-state index in [2.05, 4.69) is 9.97 Å². The molecule has 3 rings (SSSR count). The van der Waals surface area contributed by atoms with Crippen LogP contribution in [0.25, 0.3) is 0 Å². The lowest BCUT2D eigenvalue weighted by Gasteiger charge is -2.28. The minimum absolute atomic E-state index is 0.0228. The van der Waals surface area contributed by atoms with Gasteiger partial charge in [-0.25, -0.2) is 0 Å². The van der Waals surface area contributed by atoms with Crippen LogP contribution in [0.4, 0.5) is 0 Å². The standard InChI is InChI=1S/C21H28N4O/c1-15-6-3-9-18(23-15)13-25(14-19-10-4-7-16(2)24-19)21(26)20-11-5-8-17(20)12-22/h3-4,6-7,9-10,17,20H,5,8,11-14,22H2,1-2H3/t17-,20-/m1/s1. The summed E-state index contributed by atoms with van der Waals surface area (Å²) in [5.74, 6) is 0.500. The summed E-state index contributed by atoms with van der Waals surface area (Å²) in [4.78, 5) is 24.4. The Balaban J connectivity index is 1.83. The highest BCUT2D eigenvalue weighted by molar-refractivity contribution is 5.79. The lowest BCUT2D eigenvalue weighted by Crippen LogP contribution is -2.38. The molecular weight excluding hydrogens is 324 g/mol. The zero-order valence-corrected chi connectivity index (χ0v) is 15.7. The molecule has 0 unspecified atom stereocenters. The van der Waals surface area contributed by atoms with E-state index in [1.165, 1.54) is 0 Å². The third-order valence-electron chi connectivity index (χ3n) is 5.19. The predicted molar refractivity (Wildman–Crippen MR) is 102 cm³/mol. The molecule has 26 heavy (non-hydrogen) atoms. The first kappa shape index (κ1) is 18.5. The summed E-state index contributed by atoms with van der Waals surface area (Å²) in [5.41, 5.74) is 9.66. The van der Waals surface area contributed by atoms with E-state index in [9.17, 15) is 4.79 Å². The molecule has 1 saturated carbocycles. The highest BCUT2D eigenvalue weighted by Gasteiger charge is 2.35. The molecule has 2 aromatic heterocycles. The molecule has 138 valence electrons. The Labute approximate surface area is 155 Å². The van der Waals surface area contributed by atoms with Crippen molar-refractivity contribution in [2.75, 3.05) is 6.54 Å². The van der Waals surface area contributed by atoms with Gasteiger partial charge in [-0.2, -0.15) is 0 Å². The van der Waals surface area contributed by atoms with Crippen LogP contribution in [-0.4, -0.2) is 27.3 Å². The van der Waals surface area contributed by atoms with E-state index in [0.29, 0.717) is 25.6 Å². The van der Waals surface area contributed by atoms with E-state index in [1.807, 2.05) is 55.1 Å². The summed E-state index contributed by atoms with van der Waals surface area (Å²) in [5, 5.41) is 0. The van der Waals surface area contributed by atoms with Crippen LogP contribution >= 0.6 is 0 Å². The fraction of sp³-hybridized carbons (Fsp3) is 0.476. The number of carbonyl (C=O) groups excluding carboxylic acids is 1. The van der Waals surface area contributed by atoms with Crippen LogP contribution in [0.15, 0.2) is 36.4 Å². The summed E-state index contributed by atoms with van der Waals surface area (Å²) >= 11 is 0. The van der Waals surface area contributed by atoms with E-state index >= 15 is 0 Å². The van der Waals surface area contributed by atoms with Crippen LogP contribution in [0.2, 0.25) is 0 Å². The fourth-order valence-corrected chi connectivity index (χ4v) is 3.86. The van der Waals surface area contributed by atoms with Gasteiger partial charge in [-0.05, 0) is 63.4 Å². The topological polar surface area (TPSA) is 72.1 Å². The summed E-state index contributed by atoms with van der Waals surface area (Å²) < 4.78 is 0. The minimum Gasteiger partial charge on any atom is -0.331 e. The van der Waals surface area contributed by atoms with Gasteiger partial charge >= 0.3 is 0 Å². The van der Waals surface area contributed by atoms with Crippen molar-refractivity contribution in [3.05, 3.63) is 59.2 Å². The number of amides is 1. The second kappa shape index (κ2) is 8.41. The Morgan fingerprint density at radius 1 is 1.04 bits per heavy atom. The SMILES string of the molecule is Cc1cccc(CN(Cc2cccc(C)n2)C(=O)[C@@H]2CCC[C@@H]2CN)n1. The number of pyridine rings is 2. The minimum atomic E-state index is 0.0228. The maximum Gasteiger partial charge on any atom is 0.226 e. The smallest absolute Gasteiger partial charge is 0.226 e. The van der Waals surface area contributed by atoms with Gasteiger partial charge in [0, 0.05) is 17.3 Å². The van der Waals surface area contributed by atoms with Crippen molar-refractivity contribution in [1.82, 2.24) is 14.9 Å². The van der Waals surface area contributed by atoms with Gasteiger partial charge in [0.15, 0.2) is 0 Å². The molecule has 2 N–H and O–H groups in total. The number of aromatic nitrogens is 2. The molecular formula is C21H28N4O. The Bertz CT molecular complexity index is 714. The van der Waals surface area contributed by atoms with E-state index in [-0.39, 0.29) is 11.8 Å². The number of nitrogens with zero attached hydrogens (tertiary/aromatic N) is 3. The molecule has 1 aliphatic rings. The predicted octanol–water partition coefficient (Wildman–Crippen LogP) is 3.00. The Morgan fingerprint density at radius 3 is 2.12 bits per heavy atom. The molecule has 2 heterocycles. The van der Waals surface area contributed by atoms with Crippen molar-refractivity contribution in [1.29, 1.82) is 0 Å². The first-order valence-electron chi connectivity index (χ1n) is 9.40. The van der Waals surface area contributed by atoms with E-state index in [4.69, 9.17) is 5.73 Å². The third kappa shape index (κ3) is 4.47. The molecule has 1 fully saturated rings. The Morgan fingerprint density at radius 2 is 1.62 bits per heavy atom. The molecule has 0 aromatic carbocycles. The average molecular weight is 352 g/mol. The number of hydrogen-bond donors (Lipinski definition) is 1. The highest BCUT2D eigenvalue weighted by Crippen LogP contribution is 2.33. The van der Waals surface area contributed by atoms with Crippen LogP contribution in [0.1, 0.15) is 42.0 Å². The molecule has 2 atom stereocenters. The van der Waals surface area contributed by atoms with Gasteiger partial charge < -0.3 is 10.6 Å². The molecule has 0 saturated heterocycles. The van der Waals surface area contributed by atoms with E-state index < -0.39 is 0 Å². The van der Waals surface area contributed by atoms with Gasteiger partial charge in [0.05, 0.1) is 24.5 Å². The fourth-order valence-electron chi connectivity index (χ4n) is 3.86. The maximum atomic E-state index is 13.3. The largest absolute Gasteiger partial charge is 0.331 e. The monoisotopic (exact) mass is 352 g/mol. The molecule has 0 radical (unpaired) electrons. The van der Waals surface area contributed by atoms with Crippen LogP contribution in [0.3, 0.4) is 0 Å². The molecule has 5 heteroatoms. The second-order valence-electron chi connectivity index (χ2n) is 7.27. The lowest BCUT2D eigenvalue weighted by molar-refractivity contribution is -0.138. The summed E-state index contributed by atoms with van der Waals surface area (Å²) in [6.45, 7) is 5.53. The molecule has 2 aromatic rings. The molecule has 0 bridgehead atoms. The zero-order valence-electron chi connectivity index (χ0n) is 15.7. The van der Waals surface area contributed by atoms with Crippen molar-refractivity contribution >= 4 is 5.91 Å². The van der Waals surface area contributed by atoms with Gasteiger partial charge in [-0.15, -0.1) is 0 Å². The van der Waals surface area contributed by atoms with Crippen molar-refractivity contribution in [3.63, 3.8) is 0 Å². The Kier molecular flexibility index (Phi) is 5.99. The van der Waals surface area contributed by atoms with E-state index in [1.54, 1.807) is 0 Å². The van der Waals surface area contributed by atoms with Gasteiger partial charge in [0.25, 0.3) is 0 Å². The molecule has 1 aliphatic carbocycles. The zero-order chi connectivity index (χ0) is 18.5. The molecule has 0 aliphatic heterocycles. The van der Waals surface area contributed by atoms with Crippen molar-refractivity contribution in [2.45, 2.75) is 46.2 Å². The normalized spacial score (nSPS) is 19.5. The first-order valence-corrected chi connectivity index (χ1v) is 9.40. The number of carbonyl (C=O) groups is 1.